The number of anilines is 1. The van der Waals surface area contributed by atoms with Crippen LogP contribution in [-0.2, 0) is 20.7 Å². The second-order valence-electron chi connectivity index (χ2n) is 4.43. The third kappa shape index (κ3) is 3.23. The molecule has 1 amide bonds. The van der Waals surface area contributed by atoms with Gasteiger partial charge in [-0.05, 0) is 37.1 Å². The number of carbonyl (C=O) groups excluding carboxylic acids is 2. The minimum atomic E-state index is -0.434. The van der Waals surface area contributed by atoms with Crippen LogP contribution in [0.15, 0.2) is 30.4 Å². The molecule has 1 aromatic rings. The van der Waals surface area contributed by atoms with Crippen LogP contribution in [0.5, 0.6) is 0 Å². The lowest BCUT2D eigenvalue weighted by molar-refractivity contribution is -0.137. The number of hydrogen-bond acceptors (Lipinski definition) is 3. The molecule has 1 aliphatic heterocycles. The molecule has 5 heteroatoms. The summed E-state index contributed by atoms with van der Waals surface area (Å²) in [6, 6.07) is 4.38. The van der Waals surface area contributed by atoms with Gasteiger partial charge in [-0.15, -0.1) is 0 Å². The van der Waals surface area contributed by atoms with Gasteiger partial charge in [0.2, 0.25) is 5.91 Å². The standard InChI is InChI=1S/C15H16FNO3/c1-2-20-15(19)4-3-9-17-13-7-6-12(16)10-11(13)5-8-14(17)18/h3-4,6-7,10H,2,5,8-9H2,1H3/b4-3+. The Bertz CT molecular complexity index is 554. The van der Waals surface area contributed by atoms with Gasteiger partial charge in [-0.25, -0.2) is 9.18 Å². The van der Waals surface area contributed by atoms with Gasteiger partial charge >= 0.3 is 5.97 Å². The van der Waals surface area contributed by atoms with Gasteiger partial charge in [-0.2, -0.15) is 0 Å². The predicted octanol–water partition coefficient (Wildman–Crippen LogP) is 2.22. The van der Waals surface area contributed by atoms with Crippen molar-refractivity contribution in [2.45, 2.75) is 19.8 Å². The molecule has 1 heterocycles. The SMILES string of the molecule is CCOC(=O)/C=C/CN1C(=O)CCc2cc(F)ccc21. The molecule has 1 aromatic carbocycles. The van der Waals surface area contributed by atoms with Crippen LogP contribution in [0.2, 0.25) is 0 Å². The molecule has 0 aromatic heterocycles. The Morgan fingerprint density at radius 3 is 3.00 bits per heavy atom. The first-order valence-corrected chi connectivity index (χ1v) is 6.54. The van der Waals surface area contributed by atoms with Crippen LogP contribution in [-0.4, -0.2) is 25.0 Å². The van der Waals surface area contributed by atoms with E-state index in [-0.39, 0.29) is 18.3 Å². The van der Waals surface area contributed by atoms with Crippen molar-refractivity contribution in [2.24, 2.45) is 0 Å². The van der Waals surface area contributed by atoms with Crippen LogP contribution in [0.25, 0.3) is 0 Å². The third-order valence-corrected chi connectivity index (χ3v) is 3.07. The molecule has 0 saturated heterocycles. The number of carbonyl (C=O) groups is 2. The number of aryl methyl sites for hydroxylation is 1. The lowest BCUT2D eigenvalue weighted by atomic mass is 10.0. The van der Waals surface area contributed by atoms with Crippen LogP contribution in [0.4, 0.5) is 10.1 Å². The van der Waals surface area contributed by atoms with Crippen molar-refractivity contribution in [2.75, 3.05) is 18.1 Å². The summed E-state index contributed by atoms with van der Waals surface area (Å²) in [4.78, 5) is 24.7. The van der Waals surface area contributed by atoms with E-state index >= 15 is 0 Å². The second-order valence-corrected chi connectivity index (χ2v) is 4.43. The number of amides is 1. The summed E-state index contributed by atoms with van der Waals surface area (Å²) >= 11 is 0. The summed E-state index contributed by atoms with van der Waals surface area (Å²) in [5.74, 6) is -0.769. The zero-order valence-corrected chi connectivity index (χ0v) is 11.3. The molecule has 2 rings (SSSR count). The van der Waals surface area contributed by atoms with Gasteiger partial charge < -0.3 is 9.64 Å². The lowest BCUT2D eigenvalue weighted by Crippen LogP contribution is -2.35. The molecule has 0 aliphatic carbocycles. The van der Waals surface area contributed by atoms with Crippen molar-refractivity contribution in [1.29, 1.82) is 0 Å². The van der Waals surface area contributed by atoms with Crippen LogP contribution in [0.3, 0.4) is 0 Å². The first-order valence-electron chi connectivity index (χ1n) is 6.54. The number of fused-ring (bicyclic) bond motifs is 1. The quantitative estimate of drug-likeness (QED) is 0.626. The molecule has 0 unspecified atom stereocenters. The largest absolute Gasteiger partial charge is 0.463 e. The molecule has 0 radical (unpaired) electrons. The van der Waals surface area contributed by atoms with Crippen molar-refractivity contribution < 1.29 is 18.7 Å². The van der Waals surface area contributed by atoms with Crippen LogP contribution < -0.4 is 4.90 Å². The third-order valence-electron chi connectivity index (χ3n) is 3.07. The summed E-state index contributed by atoms with van der Waals surface area (Å²) in [6.45, 7) is 2.31. The molecule has 0 N–H and O–H groups in total. The molecule has 0 fully saturated rings. The fraction of sp³-hybridized carbons (Fsp3) is 0.333. The van der Waals surface area contributed by atoms with Crippen LogP contribution in [0, 0.1) is 5.82 Å². The summed E-state index contributed by atoms with van der Waals surface area (Å²) in [5.41, 5.74) is 1.52. The van der Waals surface area contributed by atoms with E-state index in [2.05, 4.69) is 0 Å². The van der Waals surface area contributed by atoms with Gasteiger partial charge in [-0.1, -0.05) is 6.08 Å². The Kier molecular flexibility index (Phi) is 4.50. The van der Waals surface area contributed by atoms with E-state index in [0.717, 1.165) is 5.56 Å². The maximum Gasteiger partial charge on any atom is 0.330 e. The number of esters is 1. The van der Waals surface area contributed by atoms with Crippen molar-refractivity contribution in [1.82, 2.24) is 0 Å². The maximum atomic E-state index is 13.2. The van der Waals surface area contributed by atoms with Gasteiger partial charge in [0, 0.05) is 24.7 Å². The zero-order valence-electron chi connectivity index (χ0n) is 11.3. The van der Waals surface area contributed by atoms with E-state index in [1.807, 2.05) is 0 Å². The highest BCUT2D eigenvalue weighted by molar-refractivity contribution is 5.96. The van der Waals surface area contributed by atoms with Gasteiger partial charge in [0.15, 0.2) is 0 Å². The maximum absolute atomic E-state index is 13.2. The summed E-state index contributed by atoms with van der Waals surface area (Å²) in [5, 5.41) is 0. The average Bonchev–Trinajstić information content (AvgIpc) is 2.41. The fourth-order valence-corrected chi connectivity index (χ4v) is 2.17. The summed E-state index contributed by atoms with van der Waals surface area (Å²) in [6.07, 6.45) is 3.77. The molecule has 0 saturated carbocycles. The fourth-order valence-electron chi connectivity index (χ4n) is 2.17. The Hall–Kier alpha value is -2.17. The van der Waals surface area contributed by atoms with Gasteiger partial charge in [0.05, 0.1) is 6.61 Å². The minimum absolute atomic E-state index is 0.0300. The molecule has 1 aliphatic rings. The normalized spacial score (nSPS) is 14.5. The van der Waals surface area contributed by atoms with Crippen LogP contribution >= 0.6 is 0 Å². The van der Waals surface area contributed by atoms with Crippen molar-refractivity contribution >= 4 is 17.6 Å². The summed E-state index contributed by atoms with van der Waals surface area (Å²) < 4.78 is 17.9. The zero-order chi connectivity index (χ0) is 14.5. The van der Waals surface area contributed by atoms with Gasteiger partial charge in [0.1, 0.15) is 5.82 Å². The highest BCUT2D eigenvalue weighted by Crippen LogP contribution is 2.28. The van der Waals surface area contributed by atoms with Crippen LogP contribution in [0.1, 0.15) is 18.9 Å². The molecule has 4 nitrogen and oxygen atoms in total. The Morgan fingerprint density at radius 1 is 1.45 bits per heavy atom. The molecule has 20 heavy (non-hydrogen) atoms. The van der Waals surface area contributed by atoms with E-state index in [4.69, 9.17) is 4.74 Å². The monoisotopic (exact) mass is 277 g/mol. The highest BCUT2D eigenvalue weighted by Gasteiger charge is 2.23. The Balaban J connectivity index is 2.12. The van der Waals surface area contributed by atoms with E-state index in [1.165, 1.54) is 18.2 Å². The summed E-state index contributed by atoms with van der Waals surface area (Å²) in [7, 11) is 0. The highest BCUT2D eigenvalue weighted by atomic mass is 19.1. The number of halogens is 1. The molecular formula is C15H16FNO3. The van der Waals surface area contributed by atoms with E-state index in [1.54, 1.807) is 24.0 Å². The number of benzene rings is 1. The Morgan fingerprint density at radius 2 is 2.25 bits per heavy atom. The first kappa shape index (κ1) is 14.2. The molecule has 0 spiro atoms. The molecule has 0 atom stereocenters. The molecular weight excluding hydrogens is 261 g/mol. The van der Waals surface area contributed by atoms with Crippen molar-refractivity contribution in [3.8, 4) is 0 Å². The number of nitrogens with zero attached hydrogens (tertiary/aromatic N) is 1. The average molecular weight is 277 g/mol. The van der Waals surface area contributed by atoms with E-state index < -0.39 is 5.97 Å². The minimum Gasteiger partial charge on any atom is -0.463 e. The van der Waals surface area contributed by atoms with E-state index in [0.29, 0.717) is 25.1 Å². The molecule has 106 valence electrons. The Labute approximate surface area is 116 Å². The van der Waals surface area contributed by atoms with Gasteiger partial charge in [-0.3, -0.25) is 4.79 Å². The topological polar surface area (TPSA) is 46.6 Å². The number of hydrogen-bond donors (Lipinski definition) is 0. The van der Waals surface area contributed by atoms with Gasteiger partial charge in [0.25, 0.3) is 0 Å². The first-order chi connectivity index (χ1) is 9.61. The van der Waals surface area contributed by atoms with E-state index in [9.17, 15) is 14.0 Å². The number of rotatable bonds is 4. The van der Waals surface area contributed by atoms with Crippen molar-refractivity contribution in [3.05, 3.63) is 41.7 Å². The van der Waals surface area contributed by atoms with Crippen molar-refractivity contribution in [3.63, 3.8) is 0 Å². The second kappa shape index (κ2) is 6.32. The predicted molar refractivity (Wildman–Crippen MR) is 72.8 cm³/mol. The number of ether oxygens (including phenoxy) is 1. The molecule has 0 bridgehead atoms. The smallest absolute Gasteiger partial charge is 0.330 e. The lowest BCUT2D eigenvalue weighted by Gasteiger charge is -2.28.